The van der Waals surface area contributed by atoms with Crippen molar-refractivity contribution in [3.05, 3.63) is 65.9 Å². The second-order valence-corrected chi connectivity index (χ2v) is 11.2. The van der Waals surface area contributed by atoms with E-state index in [1.165, 1.54) is 48.2 Å². The molecule has 2 aromatic heterocycles. The number of hydrogen-bond acceptors (Lipinski definition) is 9. The summed E-state index contributed by atoms with van der Waals surface area (Å²) >= 11 is 2.26. The first-order valence-electron chi connectivity index (χ1n) is 10.1. The molecule has 2 heterocycles. The molecule has 0 unspecified atom stereocenters. The molecule has 14 heteroatoms. The average Bonchev–Trinajstić information content (AvgIpc) is 3.49. The van der Waals surface area contributed by atoms with Crippen LogP contribution in [-0.4, -0.2) is 52.8 Å². The van der Waals surface area contributed by atoms with Gasteiger partial charge in [0, 0.05) is 17.9 Å². The second kappa shape index (κ2) is 10.0. The highest BCUT2D eigenvalue weighted by molar-refractivity contribution is 7.98. The third-order valence-corrected chi connectivity index (χ3v) is 7.28. The van der Waals surface area contributed by atoms with E-state index in [4.69, 9.17) is 4.74 Å². The van der Waals surface area contributed by atoms with Crippen LogP contribution in [0.25, 0.3) is 27.0 Å². The SMILES string of the molecule is CSCOC(=O)c1cc(-c2nnc(-c3cccc(S(C)(=O)=O)c3)s2)n(-c2ccccc2C(F)(F)F)n1. The second-order valence-electron chi connectivity index (χ2n) is 7.39. The van der Waals surface area contributed by atoms with Gasteiger partial charge in [0.25, 0.3) is 0 Å². The predicted octanol–water partition coefficient (Wildman–Crippen LogP) is 4.96. The van der Waals surface area contributed by atoms with Crippen LogP contribution < -0.4 is 0 Å². The zero-order valence-electron chi connectivity index (χ0n) is 18.7. The Balaban J connectivity index is 1.85. The number of nitrogens with zero attached hydrogens (tertiary/aromatic N) is 4. The van der Waals surface area contributed by atoms with E-state index in [0.29, 0.717) is 10.6 Å². The topological polar surface area (TPSA) is 104 Å². The zero-order chi connectivity index (χ0) is 26.1. The van der Waals surface area contributed by atoms with Gasteiger partial charge in [-0.1, -0.05) is 35.6 Å². The first-order chi connectivity index (χ1) is 17.0. The summed E-state index contributed by atoms with van der Waals surface area (Å²) in [5.41, 5.74) is -0.913. The van der Waals surface area contributed by atoms with Crippen LogP contribution in [0.4, 0.5) is 13.2 Å². The number of aromatic nitrogens is 4. The van der Waals surface area contributed by atoms with Gasteiger partial charge in [-0.05, 0) is 30.5 Å². The van der Waals surface area contributed by atoms with E-state index >= 15 is 0 Å². The highest BCUT2D eigenvalue weighted by Crippen LogP contribution is 2.37. The van der Waals surface area contributed by atoms with Crippen LogP contribution in [0.15, 0.2) is 59.5 Å². The van der Waals surface area contributed by atoms with Gasteiger partial charge in [-0.2, -0.15) is 18.3 Å². The highest BCUT2D eigenvalue weighted by atomic mass is 32.2. The molecule has 0 aliphatic rings. The van der Waals surface area contributed by atoms with Crippen LogP contribution in [0.5, 0.6) is 0 Å². The molecular weight excluding hydrogens is 537 g/mol. The molecule has 0 amide bonds. The van der Waals surface area contributed by atoms with Crippen LogP contribution >= 0.6 is 23.1 Å². The molecule has 36 heavy (non-hydrogen) atoms. The number of ether oxygens (including phenoxy) is 1. The van der Waals surface area contributed by atoms with Crippen LogP contribution in [0.2, 0.25) is 0 Å². The predicted molar refractivity (Wildman–Crippen MR) is 130 cm³/mol. The molecule has 0 fully saturated rings. The van der Waals surface area contributed by atoms with E-state index in [1.807, 2.05) is 0 Å². The molecule has 0 bridgehead atoms. The standard InChI is InChI=1S/C22H17F3N4O4S3/c1-34-12-33-21(30)16-11-18(29(28-16)17-9-4-3-8-15(17)22(23,24)25)20-27-26-19(35-20)13-6-5-7-14(10-13)36(2,31)32/h3-11H,12H2,1-2H3. The van der Waals surface area contributed by atoms with Gasteiger partial charge >= 0.3 is 12.1 Å². The van der Waals surface area contributed by atoms with E-state index in [1.54, 1.807) is 18.4 Å². The Kier molecular flexibility index (Phi) is 7.20. The van der Waals surface area contributed by atoms with Crippen molar-refractivity contribution in [1.82, 2.24) is 20.0 Å². The summed E-state index contributed by atoms with van der Waals surface area (Å²) in [6.07, 6.45) is -1.89. The van der Waals surface area contributed by atoms with Crippen molar-refractivity contribution in [2.24, 2.45) is 0 Å². The van der Waals surface area contributed by atoms with Crippen LogP contribution in [0.3, 0.4) is 0 Å². The van der Waals surface area contributed by atoms with Gasteiger partial charge in [-0.3, -0.25) is 0 Å². The Morgan fingerprint density at radius 1 is 1.08 bits per heavy atom. The van der Waals surface area contributed by atoms with E-state index < -0.39 is 27.5 Å². The Bertz CT molecular complexity index is 1530. The maximum absolute atomic E-state index is 13.7. The lowest BCUT2D eigenvalue weighted by atomic mass is 10.1. The molecular formula is C22H17F3N4O4S3. The van der Waals surface area contributed by atoms with Gasteiger partial charge in [0.15, 0.2) is 20.5 Å². The van der Waals surface area contributed by atoms with Crippen molar-refractivity contribution in [3.8, 4) is 27.0 Å². The number of hydrogen-bond donors (Lipinski definition) is 0. The molecule has 2 aromatic carbocycles. The summed E-state index contributed by atoms with van der Waals surface area (Å²) in [6, 6.07) is 12.2. The van der Waals surface area contributed by atoms with Gasteiger partial charge in [0.2, 0.25) is 0 Å². The summed E-state index contributed by atoms with van der Waals surface area (Å²) in [7, 11) is -3.47. The summed E-state index contributed by atoms with van der Waals surface area (Å²) in [4.78, 5) is 12.5. The minimum Gasteiger partial charge on any atom is -0.450 e. The van der Waals surface area contributed by atoms with Gasteiger partial charge < -0.3 is 4.74 Å². The Labute approximate surface area is 212 Å². The highest BCUT2D eigenvalue weighted by Gasteiger charge is 2.35. The quantitative estimate of drug-likeness (QED) is 0.233. The summed E-state index contributed by atoms with van der Waals surface area (Å²) in [6.45, 7) is 0. The lowest BCUT2D eigenvalue weighted by molar-refractivity contribution is -0.137. The molecule has 0 N–H and O–H groups in total. The summed E-state index contributed by atoms with van der Waals surface area (Å²) in [5.74, 6) is -0.765. The fourth-order valence-corrected chi connectivity index (χ4v) is 4.94. The van der Waals surface area contributed by atoms with Crippen molar-refractivity contribution in [1.29, 1.82) is 0 Å². The maximum Gasteiger partial charge on any atom is 0.418 e. The van der Waals surface area contributed by atoms with Crippen LogP contribution in [0, 0.1) is 0 Å². The number of rotatable bonds is 7. The number of alkyl halides is 3. The Hall–Kier alpha value is -3.23. The smallest absolute Gasteiger partial charge is 0.418 e. The molecule has 0 saturated carbocycles. The fourth-order valence-electron chi connectivity index (χ4n) is 3.20. The van der Waals surface area contributed by atoms with E-state index in [0.717, 1.165) is 28.3 Å². The number of halogens is 3. The number of esters is 1. The maximum atomic E-state index is 13.7. The molecule has 0 atom stereocenters. The van der Waals surface area contributed by atoms with Crippen molar-refractivity contribution in [2.45, 2.75) is 11.1 Å². The first-order valence-corrected chi connectivity index (χ1v) is 14.2. The third-order valence-electron chi connectivity index (χ3n) is 4.82. The molecule has 0 spiro atoms. The van der Waals surface area contributed by atoms with Gasteiger partial charge in [0.05, 0.1) is 16.1 Å². The third kappa shape index (κ3) is 5.44. The molecule has 188 valence electrons. The monoisotopic (exact) mass is 554 g/mol. The minimum atomic E-state index is -4.68. The number of carbonyl (C=O) groups is 1. The molecule has 0 radical (unpaired) electrons. The van der Waals surface area contributed by atoms with Crippen LogP contribution in [0.1, 0.15) is 16.1 Å². The molecule has 8 nitrogen and oxygen atoms in total. The minimum absolute atomic E-state index is 0.0415. The average molecular weight is 555 g/mol. The van der Waals surface area contributed by atoms with E-state index in [-0.39, 0.29) is 32.9 Å². The van der Waals surface area contributed by atoms with Crippen LogP contribution in [-0.2, 0) is 20.8 Å². The van der Waals surface area contributed by atoms with Crippen molar-refractivity contribution in [3.63, 3.8) is 0 Å². The largest absolute Gasteiger partial charge is 0.450 e. The number of carbonyl (C=O) groups excluding carboxylic acids is 1. The van der Waals surface area contributed by atoms with Crippen molar-refractivity contribution >= 4 is 38.9 Å². The molecule has 4 aromatic rings. The number of sulfone groups is 1. The number of para-hydroxylation sites is 1. The van der Waals surface area contributed by atoms with Gasteiger partial charge in [-0.25, -0.2) is 17.9 Å². The molecule has 0 aliphatic heterocycles. The van der Waals surface area contributed by atoms with Crippen molar-refractivity contribution in [2.75, 3.05) is 18.5 Å². The first kappa shape index (κ1) is 25.9. The van der Waals surface area contributed by atoms with Gasteiger partial charge in [0.1, 0.15) is 16.6 Å². The summed E-state index contributed by atoms with van der Waals surface area (Å²) in [5, 5.41) is 12.8. The Morgan fingerprint density at radius 2 is 1.81 bits per heavy atom. The lowest BCUT2D eigenvalue weighted by Gasteiger charge is -2.13. The number of benzene rings is 2. The lowest BCUT2D eigenvalue weighted by Crippen LogP contribution is -2.13. The van der Waals surface area contributed by atoms with Crippen molar-refractivity contribution < 1.29 is 31.1 Å². The summed E-state index contributed by atoms with van der Waals surface area (Å²) < 4.78 is 71.1. The Morgan fingerprint density at radius 3 is 2.50 bits per heavy atom. The molecule has 0 saturated heterocycles. The van der Waals surface area contributed by atoms with E-state index in [2.05, 4.69) is 15.3 Å². The fraction of sp³-hybridized carbons (Fsp3) is 0.182. The molecule has 4 rings (SSSR count). The zero-order valence-corrected chi connectivity index (χ0v) is 21.1. The van der Waals surface area contributed by atoms with E-state index in [9.17, 15) is 26.4 Å². The normalized spacial score (nSPS) is 12.0. The van der Waals surface area contributed by atoms with Gasteiger partial charge in [-0.15, -0.1) is 22.0 Å². The number of thioether (sulfide) groups is 1. The molecule has 0 aliphatic carbocycles.